The molecule has 2 N–H and O–H groups in total. The number of benzene rings is 2. The van der Waals surface area contributed by atoms with Crippen molar-refractivity contribution in [3.63, 3.8) is 0 Å². The first-order valence-electron chi connectivity index (χ1n) is 6.08. The summed E-state index contributed by atoms with van der Waals surface area (Å²) in [6.07, 6.45) is 3.97. The summed E-state index contributed by atoms with van der Waals surface area (Å²) in [4.78, 5) is 0. The number of hydrogen-bond acceptors (Lipinski definition) is 2. The molecule has 0 aliphatic heterocycles. The maximum atomic E-state index is 5.78. The molecule has 2 aromatic carbocycles. The molecule has 3 heteroatoms. The van der Waals surface area contributed by atoms with Crippen molar-refractivity contribution in [3.8, 4) is 11.1 Å². The standard InChI is InChI=1S/C15H15N3/c1-2-18-10-14(9-17-18)12-3-4-13-8-15(16)6-5-11(13)7-12/h3-10H,2,16H2,1H3. The fraction of sp³-hybridized carbons (Fsp3) is 0.133. The molecule has 3 nitrogen and oxygen atoms in total. The molecule has 0 aliphatic carbocycles. The molecule has 90 valence electrons. The molecule has 1 heterocycles. The molecular formula is C15H15N3. The van der Waals surface area contributed by atoms with Crippen molar-refractivity contribution in [1.82, 2.24) is 9.78 Å². The molecule has 1 aromatic heterocycles. The van der Waals surface area contributed by atoms with Crippen molar-refractivity contribution in [3.05, 3.63) is 48.8 Å². The molecule has 0 radical (unpaired) electrons. The van der Waals surface area contributed by atoms with Gasteiger partial charge in [-0.05, 0) is 41.5 Å². The smallest absolute Gasteiger partial charge is 0.0568 e. The van der Waals surface area contributed by atoms with Crippen LogP contribution in [-0.2, 0) is 6.54 Å². The molecule has 0 spiro atoms. The number of aromatic nitrogens is 2. The Morgan fingerprint density at radius 3 is 2.61 bits per heavy atom. The minimum atomic E-state index is 0.800. The van der Waals surface area contributed by atoms with Crippen molar-refractivity contribution in [2.45, 2.75) is 13.5 Å². The van der Waals surface area contributed by atoms with E-state index in [4.69, 9.17) is 5.73 Å². The number of fused-ring (bicyclic) bond motifs is 1. The van der Waals surface area contributed by atoms with E-state index in [0.717, 1.165) is 17.8 Å². The highest BCUT2D eigenvalue weighted by atomic mass is 15.3. The number of aryl methyl sites for hydroxylation is 1. The Kier molecular flexibility index (Phi) is 2.52. The van der Waals surface area contributed by atoms with E-state index < -0.39 is 0 Å². The SMILES string of the molecule is CCn1cc(-c2ccc3cc(N)ccc3c2)cn1. The van der Waals surface area contributed by atoms with Crippen molar-refractivity contribution in [1.29, 1.82) is 0 Å². The van der Waals surface area contributed by atoms with Gasteiger partial charge in [0.05, 0.1) is 6.20 Å². The van der Waals surface area contributed by atoms with E-state index in [1.54, 1.807) is 0 Å². The summed E-state index contributed by atoms with van der Waals surface area (Å²) in [5.74, 6) is 0. The van der Waals surface area contributed by atoms with E-state index in [0.29, 0.717) is 0 Å². The molecule has 0 saturated carbocycles. The lowest BCUT2D eigenvalue weighted by molar-refractivity contribution is 0.660. The zero-order valence-electron chi connectivity index (χ0n) is 10.3. The lowest BCUT2D eigenvalue weighted by Gasteiger charge is -2.02. The van der Waals surface area contributed by atoms with Gasteiger partial charge >= 0.3 is 0 Å². The van der Waals surface area contributed by atoms with Crippen LogP contribution in [0.1, 0.15) is 6.92 Å². The lowest BCUT2D eigenvalue weighted by atomic mass is 10.0. The van der Waals surface area contributed by atoms with E-state index in [1.807, 2.05) is 23.0 Å². The number of rotatable bonds is 2. The van der Waals surface area contributed by atoms with Gasteiger partial charge in [-0.25, -0.2) is 0 Å². The second-order valence-electron chi connectivity index (χ2n) is 4.41. The maximum Gasteiger partial charge on any atom is 0.0568 e. The van der Waals surface area contributed by atoms with Gasteiger partial charge in [0.1, 0.15) is 0 Å². The van der Waals surface area contributed by atoms with Crippen molar-refractivity contribution in [2.75, 3.05) is 5.73 Å². The zero-order valence-corrected chi connectivity index (χ0v) is 10.3. The molecule has 0 unspecified atom stereocenters. The Bertz CT molecular complexity index is 698. The van der Waals surface area contributed by atoms with Gasteiger partial charge in [0.25, 0.3) is 0 Å². The lowest BCUT2D eigenvalue weighted by Crippen LogP contribution is -1.91. The van der Waals surface area contributed by atoms with Crippen LogP contribution < -0.4 is 5.73 Å². The minimum Gasteiger partial charge on any atom is -0.399 e. The molecule has 0 fully saturated rings. The summed E-state index contributed by atoms with van der Waals surface area (Å²) >= 11 is 0. The number of hydrogen-bond donors (Lipinski definition) is 1. The third-order valence-corrected chi connectivity index (χ3v) is 3.15. The number of nitrogens with zero attached hydrogens (tertiary/aromatic N) is 2. The van der Waals surface area contributed by atoms with Crippen LogP contribution in [0.25, 0.3) is 21.9 Å². The fourth-order valence-electron chi connectivity index (χ4n) is 2.13. The van der Waals surface area contributed by atoms with Crippen LogP contribution in [0, 0.1) is 0 Å². The number of anilines is 1. The first-order chi connectivity index (χ1) is 8.76. The number of nitrogen functional groups attached to an aromatic ring is 1. The van der Waals surface area contributed by atoms with Crippen molar-refractivity contribution < 1.29 is 0 Å². The van der Waals surface area contributed by atoms with Crippen LogP contribution in [0.5, 0.6) is 0 Å². The second kappa shape index (κ2) is 4.18. The van der Waals surface area contributed by atoms with Gasteiger partial charge < -0.3 is 5.73 Å². The normalized spacial score (nSPS) is 10.9. The predicted molar refractivity (Wildman–Crippen MR) is 75.3 cm³/mol. The molecule has 3 rings (SSSR count). The summed E-state index contributed by atoms with van der Waals surface area (Å²) in [5.41, 5.74) is 8.92. The Hall–Kier alpha value is -2.29. The maximum absolute atomic E-state index is 5.78. The van der Waals surface area contributed by atoms with Crippen LogP contribution >= 0.6 is 0 Å². The molecule has 3 aromatic rings. The van der Waals surface area contributed by atoms with E-state index >= 15 is 0 Å². The Morgan fingerprint density at radius 1 is 1.06 bits per heavy atom. The highest BCUT2D eigenvalue weighted by molar-refractivity contribution is 5.89. The zero-order chi connectivity index (χ0) is 12.5. The average molecular weight is 237 g/mol. The van der Waals surface area contributed by atoms with Gasteiger partial charge in [-0.15, -0.1) is 0 Å². The highest BCUT2D eigenvalue weighted by Crippen LogP contribution is 2.25. The van der Waals surface area contributed by atoms with Crippen LogP contribution in [0.3, 0.4) is 0 Å². The van der Waals surface area contributed by atoms with Crippen molar-refractivity contribution >= 4 is 16.5 Å². The van der Waals surface area contributed by atoms with E-state index in [2.05, 4.69) is 42.5 Å². The van der Waals surface area contributed by atoms with Gasteiger partial charge in [-0.3, -0.25) is 4.68 Å². The quantitative estimate of drug-likeness (QED) is 0.695. The van der Waals surface area contributed by atoms with Gasteiger partial charge in [-0.2, -0.15) is 5.10 Å². The summed E-state index contributed by atoms with van der Waals surface area (Å²) in [6.45, 7) is 2.98. The summed E-state index contributed by atoms with van der Waals surface area (Å²) in [5, 5.41) is 6.67. The Balaban J connectivity index is 2.10. The molecule has 0 aliphatic rings. The molecular weight excluding hydrogens is 222 g/mol. The second-order valence-corrected chi connectivity index (χ2v) is 4.41. The predicted octanol–water partition coefficient (Wildman–Crippen LogP) is 3.31. The van der Waals surface area contributed by atoms with Gasteiger partial charge in [-0.1, -0.05) is 18.2 Å². The third kappa shape index (κ3) is 1.84. The van der Waals surface area contributed by atoms with Crippen molar-refractivity contribution in [2.24, 2.45) is 0 Å². The molecule has 0 bridgehead atoms. The van der Waals surface area contributed by atoms with E-state index in [1.165, 1.54) is 16.3 Å². The fourth-order valence-corrected chi connectivity index (χ4v) is 2.13. The summed E-state index contributed by atoms with van der Waals surface area (Å²) in [6, 6.07) is 12.4. The van der Waals surface area contributed by atoms with E-state index in [9.17, 15) is 0 Å². The van der Waals surface area contributed by atoms with Gasteiger partial charge in [0.15, 0.2) is 0 Å². The number of nitrogens with two attached hydrogens (primary N) is 1. The summed E-state index contributed by atoms with van der Waals surface area (Å²) in [7, 11) is 0. The molecule has 0 amide bonds. The summed E-state index contributed by atoms with van der Waals surface area (Å²) < 4.78 is 1.93. The largest absolute Gasteiger partial charge is 0.399 e. The highest BCUT2D eigenvalue weighted by Gasteiger charge is 2.02. The van der Waals surface area contributed by atoms with E-state index in [-0.39, 0.29) is 0 Å². The first-order valence-corrected chi connectivity index (χ1v) is 6.08. The minimum absolute atomic E-state index is 0.800. The van der Waals surface area contributed by atoms with Crippen LogP contribution in [0.15, 0.2) is 48.8 Å². The molecule has 18 heavy (non-hydrogen) atoms. The molecule has 0 saturated heterocycles. The van der Waals surface area contributed by atoms with Crippen LogP contribution in [0.2, 0.25) is 0 Å². The van der Waals surface area contributed by atoms with Gasteiger partial charge in [0.2, 0.25) is 0 Å². The Morgan fingerprint density at radius 2 is 1.83 bits per heavy atom. The monoisotopic (exact) mass is 237 g/mol. The third-order valence-electron chi connectivity index (χ3n) is 3.15. The van der Waals surface area contributed by atoms with Crippen LogP contribution in [-0.4, -0.2) is 9.78 Å². The van der Waals surface area contributed by atoms with Crippen LogP contribution in [0.4, 0.5) is 5.69 Å². The molecule has 0 atom stereocenters. The topological polar surface area (TPSA) is 43.8 Å². The Labute approximate surface area is 106 Å². The first kappa shape index (κ1) is 10.8. The average Bonchev–Trinajstić information content (AvgIpc) is 2.87. The van der Waals surface area contributed by atoms with Gasteiger partial charge in [0, 0.05) is 24.0 Å².